The number of hydrogen-bond acceptors (Lipinski definition) is 7. The molecule has 2 atom stereocenters. The lowest BCUT2D eigenvalue weighted by Crippen LogP contribution is -2.54. The van der Waals surface area contributed by atoms with Gasteiger partial charge >= 0.3 is 5.97 Å². The normalized spacial score (nSPS) is 15.2. The Morgan fingerprint density at radius 3 is 2.20 bits per heavy atom. The predicted octanol–water partition coefficient (Wildman–Crippen LogP) is 3.17. The number of aliphatic carboxylic acids is 1. The van der Waals surface area contributed by atoms with Crippen molar-refractivity contribution in [2.45, 2.75) is 25.6 Å². The molecule has 3 aromatic rings. The zero-order valence-electron chi connectivity index (χ0n) is 22.4. The molecule has 1 aliphatic heterocycles. The number of non-ortho nitro benzene ring substituents is 1. The van der Waals surface area contributed by atoms with E-state index in [0.717, 1.165) is 5.56 Å². The highest BCUT2D eigenvalue weighted by atomic mass is 16.6. The van der Waals surface area contributed by atoms with E-state index in [1.807, 2.05) is 13.0 Å². The second-order valence-corrected chi connectivity index (χ2v) is 9.48. The number of nitrogens with one attached hydrogen (secondary N) is 1. The van der Waals surface area contributed by atoms with E-state index in [1.165, 1.54) is 53.3 Å². The molecule has 0 bridgehead atoms. The van der Waals surface area contributed by atoms with E-state index in [1.54, 1.807) is 30.3 Å². The van der Waals surface area contributed by atoms with Crippen LogP contribution in [0, 0.1) is 17.0 Å². The van der Waals surface area contributed by atoms with Crippen LogP contribution >= 0.6 is 0 Å². The van der Waals surface area contributed by atoms with Gasteiger partial charge in [0.1, 0.15) is 5.75 Å². The first kappa shape index (κ1) is 28.7. The Morgan fingerprint density at radius 2 is 1.61 bits per heavy atom. The quantitative estimate of drug-likeness (QED) is 0.298. The van der Waals surface area contributed by atoms with Gasteiger partial charge < -0.3 is 25.0 Å². The first-order valence-corrected chi connectivity index (χ1v) is 12.7. The van der Waals surface area contributed by atoms with Gasteiger partial charge in [0.25, 0.3) is 23.4 Å². The molecule has 3 aromatic carbocycles. The molecule has 1 heterocycles. The summed E-state index contributed by atoms with van der Waals surface area (Å²) < 4.78 is 5.15. The Bertz CT molecular complexity index is 1490. The Labute approximate surface area is 235 Å². The van der Waals surface area contributed by atoms with Crippen LogP contribution in [0.15, 0.2) is 72.8 Å². The Morgan fingerprint density at radius 1 is 0.976 bits per heavy atom. The number of benzene rings is 3. The van der Waals surface area contributed by atoms with Crippen molar-refractivity contribution in [3.63, 3.8) is 0 Å². The lowest BCUT2D eigenvalue weighted by Gasteiger charge is -2.31. The van der Waals surface area contributed by atoms with Crippen molar-refractivity contribution < 1.29 is 33.9 Å². The lowest BCUT2D eigenvalue weighted by atomic mass is 10.0. The minimum Gasteiger partial charge on any atom is -0.497 e. The summed E-state index contributed by atoms with van der Waals surface area (Å²) in [5, 5.41) is 23.5. The molecule has 12 nitrogen and oxygen atoms in total. The van der Waals surface area contributed by atoms with Crippen molar-refractivity contribution in [2.24, 2.45) is 0 Å². The summed E-state index contributed by atoms with van der Waals surface area (Å²) in [4.78, 5) is 65.9. The third-order valence-corrected chi connectivity index (χ3v) is 6.71. The van der Waals surface area contributed by atoms with Gasteiger partial charge in [0.05, 0.1) is 24.5 Å². The van der Waals surface area contributed by atoms with Crippen LogP contribution in [0.2, 0.25) is 0 Å². The maximum Gasteiger partial charge on any atom is 0.305 e. The standard InChI is InChI=1S/C29H28N4O8/c1-18-5-3-7-21(15-18)29(38)32-14-13-31(28(37)19-9-11-23(41-2)12-10-19)27(32)26(36)30-24(17-25(34)35)20-6-4-8-22(16-20)33(39)40/h3-12,15-16,24,27H,13-14,17H2,1-2H3,(H,30,36)(H,34,35). The molecule has 0 aromatic heterocycles. The molecule has 3 amide bonds. The molecule has 0 radical (unpaired) electrons. The van der Waals surface area contributed by atoms with Crippen molar-refractivity contribution in [1.29, 1.82) is 0 Å². The van der Waals surface area contributed by atoms with E-state index in [2.05, 4.69) is 5.32 Å². The highest BCUT2D eigenvalue weighted by Crippen LogP contribution is 2.26. The third-order valence-electron chi connectivity index (χ3n) is 6.71. The van der Waals surface area contributed by atoms with Gasteiger partial charge in [-0.25, -0.2) is 0 Å². The Balaban J connectivity index is 1.70. The second-order valence-electron chi connectivity index (χ2n) is 9.48. The number of methoxy groups -OCH3 is 1. The number of rotatable bonds is 9. The molecule has 0 aliphatic carbocycles. The third kappa shape index (κ3) is 6.49. The number of carboxylic acid groups (broad SMARTS) is 1. The lowest BCUT2D eigenvalue weighted by molar-refractivity contribution is -0.384. The summed E-state index contributed by atoms with van der Waals surface area (Å²) in [7, 11) is 1.49. The summed E-state index contributed by atoms with van der Waals surface area (Å²) >= 11 is 0. The van der Waals surface area contributed by atoms with Gasteiger partial charge in [-0.15, -0.1) is 0 Å². The fourth-order valence-electron chi connectivity index (χ4n) is 4.71. The molecule has 2 unspecified atom stereocenters. The summed E-state index contributed by atoms with van der Waals surface area (Å²) in [6, 6.07) is 17.2. The van der Waals surface area contributed by atoms with E-state index in [0.29, 0.717) is 11.3 Å². The molecule has 1 fully saturated rings. The molecule has 2 N–H and O–H groups in total. The predicted molar refractivity (Wildman–Crippen MR) is 146 cm³/mol. The number of ether oxygens (including phenoxy) is 1. The van der Waals surface area contributed by atoms with Crippen LogP contribution < -0.4 is 10.1 Å². The Hall–Kier alpha value is -5.26. The topological polar surface area (TPSA) is 159 Å². The number of carbonyl (C=O) groups is 4. The second kappa shape index (κ2) is 12.3. The molecule has 212 valence electrons. The summed E-state index contributed by atoms with van der Waals surface area (Å²) in [5.41, 5.74) is 1.32. The van der Waals surface area contributed by atoms with Crippen LogP contribution in [0.1, 0.15) is 44.3 Å². The highest BCUT2D eigenvalue weighted by Gasteiger charge is 2.44. The Kier molecular flexibility index (Phi) is 8.61. The van der Waals surface area contributed by atoms with E-state index >= 15 is 0 Å². The molecule has 4 rings (SSSR count). The van der Waals surface area contributed by atoms with E-state index < -0.39 is 47.2 Å². The monoisotopic (exact) mass is 560 g/mol. The van der Waals surface area contributed by atoms with Crippen molar-refractivity contribution in [3.8, 4) is 5.75 Å². The molecular formula is C29H28N4O8. The molecule has 41 heavy (non-hydrogen) atoms. The van der Waals surface area contributed by atoms with Gasteiger partial charge in [0, 0.05) is 36.3 Å². The number of nitrogens with zero attached hydrogens (tertiary/aromatic N) is 3. The van der Waals surface area contributed by atoms with Crippen LogP contribution in [0.3, 0.4) is 0 Å². The fourth-order valence-corrected chi connectivity index (χ4v) is 4.71. The van der Waals surface area contributed by atoms with Crippen LogP contribution in [0.25, 0.3) is 0 Å². The maximum atomic E-state index is 13.8. The largest absolute Gasteiger partial charge is 0.497 e. The van der Waals surface area contributed by atoms with Crippen molar-refractivity contribution >= 4 is 29.4 Å². The SMILES string of the molecule is COc1ccc(C(=O)N2CCN(C(=O)c3cccc(C)c3)C2C(=O)NC(CC(=O)O)c2cccc([N+](=O)[O-])c2)cc1. The molecule has 0 saturated carbocycles. The van der Waals surface area contributed by atoms with Gasteiger partial charge in [0.15, 0.2) is 6.17 Å². The van der Waals surface area contributed by atoms with Gasteiger partial charge in [-0.1, -0.05) is 29.8 Å². The average Bonchev–Trinajstić information content (AvgIpc) is 3.41. The van der Waals surface area contributed by atoms with Crippen molar-refractivity contribution in [1.82, 2.24) is 15.1 Å². The number of carboxylic acids is 1. The summed E-state index contributed by atoms with van der Waals surface area (Å²) in [6.07, 6.45) is -2.00. The maximum absolute atomic E-state index is 13.8. The molecule has 12 heteroatoms. The van der Waals surface area contributed by atoms with Crippen LogP contribution in [-0.2, 0) is 9.59 Å². The number of nitro groups is 1. The van der Waals surface area contributed by atoms with Crippen LogP contribution in [0.5, 0.6) is 5.75 Å². The fraction of sp³-hybridized carbons (Fsp3) is 0.241. The highest BCUT2D eigenvalue weighted by molar-refractivity contribution is 6.02. The zero-order valence-corrected chi connectivity index (χ0v) is 22.4. The molecule has 0 spiro atoms. The molecule has 1 saturated heterocycles. The van der Waals surface area contributed by atoms with E-state index in [9.17, 15) is 34.4 Å². The van der Waals surface area contributed by atoms with Gasteiger partial charge in [-0.05, 0) is 48.9 Å². The minimum absolute atomic E-state index is 0.0426. The minimum atomic E-state index is -1.41. The van der Waals surface area contributed by atoms with Crippen molar-refractivity contribution in [3.05, 3.63) is 105 Å². The van der Waals surface area contributed by atoms with Gasteiger partial charge in [0.2, 0.25) is 0 Å². The number of hydrogen-bond donors (Lipinski definition) is 2. The van der Waals surface area contributed by atoms with Crippen LogP contribution in [-0.4, -0.2) is 69.9 Å². The average molecular weight is 561 g/mol. The zero-order chi connectivity index (χ0) is 29.7. The van der Waals surface area contributed by atoms with Crippen molar-refractivity contribution in [2.75, 3.05) is 20.2 Å². The van der Waals surface area contributed by atoms with Crippen LogP contribution in [0.4, 0.5) is 5.69 Å². The van der Waals surface area contributed by atoms with E-state index in [4.69, 9.17) is 4.74 Å². The number of nitro benzene ring substituents is 1. The number of carbonyl (C=O) groups excluding carboxylic acids is 3. The molecular weight excluding hydrogens is 532 g/mol. The van der Waals surface area contributed by atoms with E-state index in [-0.39, 0.29) is 29.9 Å². The van der Waals surface area contributed by atoms with Gasteiger partial charge in [-0.3, -0.25) is 29.3 Å². The first-order valence-electron chi connectivity index (χ1n) is 12.7. The van der Waals surface area contributed by atoms with Gasteiger partial charge in [-0.2, -0.15) is 0 Å². The molecule has 1 aliphatic rings. The number of amides is 3. The first-order chi connectivity index (χ1) is 19.6. The summed E-state index contributed by atoms with van der Waals surface area (Å²) in [5.74, 6) is -2.53. The number of aryl methyl sites for hydroxylation is 1. The summed E-state index contributed by atoms with van der Waals surface area (Å²) in [6.45, 7) is 1.91. The smallest absolute Gasteiger partial charge is 0.305 e.